The van der Waals surface area contributed by atoms with Gasteiger partial charge in [0.25, 0.3) is 0 Å². The summed E-state index contributed by atoms with van der Waals surface area (Å²) in [5.41, 5.74) is 10.7. The van der Waals surface area contributed by atoms with E-state index in [1.165, 1.54) is 39.2 Å². The van der Waals surface area contributed by atoms with Crippen LogP contribution in [0.3, 0.4) is 0 Å². The Kier molecular flexibility index (Phi) is 8.18. The fourth-order valence-electron chi connectivity index (χ4n) is 7.50. The van der Waals surface area contributed by atoms with Gasteiger partial charge in [0.15, 0.2) is 0 Å². The molecular formula is C47H46N4O. The van der Waals surface area contributed by atoms with Crippen LogP contribution in [0.5, 0.6) is 11.5 Å². The number of rotatable bonds is 7. The second-order valence-electron chi connectivity index (χ2n) is 15.5. The van der Waals surface area contributed by atoms with Gasteiger partial charge < -0.3 is 14.5 Å². The quantitative estimate of drug-likeness (QED) is 0.168. The molecular weight excluding hydrogens is 637 g/mol. The summed E-state index contributed by atoms with van der Waals surface area (Å²) in [6, 6.07) is 47.3. The highest BCUT2D eigenvalue weighted by Gasteiger charge is 2.27. The zero-order valence-corrected chi connectivity index (χ0v) is 31.2. The van der Waals surface area contributed by atoms with E-state index < -0.39 is 0 Å². The molecule has 5 aromatic carbocycles. The van der Waals surface area contributed by atoms with Crippen LogP contribution in [0, 0.1) is 0 Å². The first-order valence-corrected chi connectivity index (χ1v) is 18.2. The van der Waals surface area contributed by atoms with Crippen molar-refractivity contribution < 1.29 is 4.74 Å². The number of fused-ring (bicyclic) bond motifs is 3. The fourth-order valence-corrected chi connectivity index (χ4v) is 7.50. The van der Waals surface area contributed by atoms with E-state index in [0.717, 1.165) is 46.1 Å². The second-order valence-corrected chi connectivity index (χ2v) is 15.5. The SMILES string of the molecule is CC1=C(C)N(c2cccc(C(C)(C)C)c2)CN1c1cccc(Oc2ccc3c4ccccc4n(-c4cc(C(C)(C)c5ccccc5)ccn4)c3c2)c1. The third-order valence-corrected chi connectivity index (χ3v) is 10.8. The van der Waals surface area contributed by atoms with Crippen LogP contribution < -0.4 is 14.5 Å². The Bertz CT molecular complexity index is 2470. The molecule has 1 aliphatic heterocycles. The number of ether oxygens (including phenoxy) is 1. The highest BCUT2D eigenvalue weighted by Crippen LogP contribution is 2.39. The topological polar surface area (TPSA) is 33.5 Å². The summed E-state index contributed by atoms with van der Waals surface area (Å²) in [6.07, 6.45) is 1.93. The number of hydrogen-bond donors (Lipinski definition) is 0. The van der Waals surface area contributed by atoms with Crippen LogP contribution >= 0.6 is 0 Å². The van der Waals surface area contributed by atoms with E-state index in [1.807, 2.05) is 12.3 Å². The van der Waals surface area contributed by atoms with Crippen molar-refractivity contribution in [3.05, 3.63) is 168 Å². The van der Waals surface area contributed by atoms with Crippen LogP contribution in [0.2, 0.25) is 0 Å². The van der Waals surface area contributed by atoms with Crippen molar-refractivity contribution in [1.29, 1.82) is 0 Å². The Morgan fingerprint density at radius 1 is 0.538 bits per heavy atom. The van der Waals surface area contributed by atoms with Crippen molar-refractivity contribution >= 4 is 33.2 Å². The van der Waals surface area contributed by atoms with Crippen molar-refractivity contribution in [3.8, 4) is 17.3 Å². The van der Waals surface area contributed by atoms with Crippen LogP contribution in [0.25, 0.3) is 27.6 Å². The molecule has 8 rings (SSSR count). The van der Waals surface area contributed by atoms with Gasteiger partial charge >= 0.3 is 0 Å². The lowest BCUT2D eigenvalue weighted by Gasteiger charge is -2.26. The molecule has 5 nitrogen and oxygen atoms in total. The van der Waals surface area contributed by atoms with E-state index in [-0.39, 0.29) is 10.8 Å². The van der Waals surface area contributed by atoms with Gasteiger partial charge in [0.05, 0.1) is 17.7 Å². The number of para-hydroxylation sites is 1. The molecule has 0 saturated heterocycles. The van der Waals surface area contributed by atoms with Crippen LogP contribution in [0.15, 0.2) is 151 Å². The lowest BCUT2D eigenvalue weighted by Crippen LogP contribution is -2.27. The first kappa shape index (κ1) is 33.3. The summed E-state index contributed by atoms with van der Waals surface area (Å²) in [5, 5.41) is 2.35. The summed E-state index contributed by atoms with van der Waals surface area (Å²) in [4.78, 5) is 9.69. The van der Waals surface area contributed by atoms with Crippen LogP contribution in [0.1, 0.15) is 65.2 Å². The maximum absolute atomic E-state index is 6.65. The molecule has 0 radical (unpaired) electrons. The molecule has 0 amide bonds. The number of benzene rings is 5. The molecule has 260 valence electrons. The Balaban J connectivity index is 1.12. The third-order valence-electron chi connectivity index (χ3n) is 10.8. The second kappa shape index (κ2) is 12.8. The predicted octanol–water partition coefficient (Wildman–Crippen LogP) is 12.1. The maximum atomic E-state index is 6.65. The van der Waals surface area contributed by atoms with Gasteiger partial charge in [-0.25, -0.2) is 4.98 Å². The monoisotopic (exact) mass is 682 g/mol. The van der Waals surface area contributed by atoms with E-state index in [4.69, 9.17) is 9.72 Å². The largest absolute Gasteiger partial charge is 0.457 e. The van der Waals surface area contributed by atoms with Gasteiger partial charge in [-0.2, -0.15) is 0 Å². The average Bonchev–Trinajstić information content (AvgIpc) is 3.64. The number of hydrogen-bond acceptors (Lipinski definition) is 4. The molecule has 0 fully saturated rings. The molecule has 0 aliphatic carbocycles. The van der Waals surface area contributed by atoms with E-state index in [9.17, 15) is 0 Å². The summed E-state index contributed by atoms with van der Waals surface area (Å²) >= 11 is 0. The number of aromatic nitrogens is 2. The summed E-state index contributed by atoms with van der Waals surface area (Å²) in [5.74, 6) is 2.46. The van der Waals surface area contributed by atoms with Gasteiger partial charge in [0.2, 0.25) is 0 Å². The van der Waals surface area contributed by atoms with Gasteiger partial charge in [-0.1, -0.05) is 101 Å². The number of pyridine rings is 1. The molecule has 7 aromatic rings. The zero-order valence-electron chi connectivity index (χ0n) is 31.2. The molecule has 3 heterocycles. The third kappa shape index (κ3) is 5.90. The minimum absolute atomic E-state index is 0.0883. The molecule has 52 heavy (non-hydrogen) atoms. The minimum Gasteiger partial charge on any atom is -0.457 e. The molecule has 0 saturated carbocycles. The minimum atomic E-state index is -0.189. The van der Waals surface area contributed by atoms with Crippen molar-refractivity contribution in [2.75, 3.05) is 16.5 Å². The highest BCUT2D eigenvalue weighted by atomic mass is 16.5. The Labute approximate surface area is 307 Å². The van der Waals surface area contributed by atoms with Gasteiger partial charge in [-0.3, -0.25) is 4.57 Å². The standard InChI is InChI=1S/C47H46N4O/c1-32-33(2)50(31-49(32)37-18-13-17-35(27-37)46(3,4)5)38-19-14-20-39(29-38)52-40-23-24-42-41-21-11-12-22-43(41)51(44(42)30-40)45-28-36(25-26-48-45)47(6,7)34-15-9-8-10-16-34/h8-30H,31H2,1-7H3. The highest BCUT2D eigenvalue weighted by molar-refractivity contribution is 6.09. The number of allylic oxidation sites excluding steroid dienone is 2. The predicted molar refractivity (Wildman–Crippen MR) is 217 cm³/mol. The lowest BCUT2D eigenvalue weighted by molar-refractivity contribution is 0.483. The van der Waals surface area contributed by atoms with Crippen molar-refractivity contribution in [2.45, 2.75) is 59.3 Å². The molecule has 0 bridgehead atoms. The van der Waals surface area contributed by atoms with E-state index in [2.05, 4.69) is 190 Å². The van der Waals surface area contributed by atoms with E-state index in [1.54, 1.807) is 0 Å². The first-order chi connectivity index (χ1) is 25.0. The zero-order chi connectivity index (χ0) is 36.2. The summed E-state index contributed by atoms with van der Waals surface area (Å²) < 4.78 is 8.91. The van der Waals surface area contributed by atoms with Crippen molar-refractivity contribution in [3.63, 3.8) is 0 Å². The Hall–Kier alpha value is -5.81. The fraction of sp³-hybridized carbons (Fsp3) is 0.213. The van der Waals surface area contributed by atoms with E-state index in [0.29, 0.717) is 0 Å². The van der Waals surface area contributed by atoms with Gasteiger partial charge in [0, 0.05) is 57.3 Å². The average molecular weight is 683 g/mol. The van der Waals surface area contributed by atoms with Crippen molar-refractivity contribution in [2.24, 2.45) is 0 Å². The Morgan fingerprint density at radius 2 is 1.17 bits per heavy atom. The molecule has 2 aromatic heterocycles. The van der Waals surface area contributed by atoms with E-state index >= 15 is 0 Å². The van der Waals surface area contributed by atoms with Gasteiger partial charge in [-0.15, -0.1) is 0 Å². The molecule has 0 spiro atoms. The van der Waals surface area contributed by atoms with Crippen LogP contribution in [-0.4, -0.2) is 16.2 Å². The molecule has 0 atom stereocenters. The van der Waals surface area contributed by atoms with Gasteiger partial charge in [0.1, 0.15) is 17.3 Å². The molecule has 0 N–H and O–H groups in total. The first-order valence-electron chi connectivity index (χ1n) is 18.2. The lowest BCUT2D eigenvalue weighted by atomic mass is 9.78. The summed E-state index contributed by atoms with van der Waals surface area (Å²) in [6.45, 7) is 16.5. The molecule has 5 heteroatoms. The maximum Gasteiger partial charge on any atom is 0.137 e. The van der Waals surface area contributed by atoms with Crippen molar-refractivity contribution in [1.82, 2.24) is 9.55 Å². The van der Waals surface area contributed by atoms with Crippen LogP contribution in [0.4, 0.5) is 11.4 Å². The normalized spacial score (nSPS) is 13.8. The van der Waals surface area contributed by atoms with Gasteiger partial charge in [-0.05, 0) is 90.6 Å². The smallest absolute Gasteiger partial charge is 0.137 e. The number of nitrogens with zero attached hydrogens (tertiary/aromatic N) is 4. The van der Waals surface area contributed by atoms with Crippen LogP contribution in [-0.2, 0) is 10.8 Å². The molecule has 0 unspecified atom stereocenters. The number of anilines is 2. The summed E-state index contributed by atoms with van der Waals surface area (Å²) in [7, 11) is 0. The Morgan fingerprint density at radius 3 is 1.92 bits per heavy atom. The molecule has 1 aliphatic rings.